The molecular formula is C16H14FNO3. The van der Waals surface area contributed by atoms with Crippen LogP contribution in [0, 0.1) is 12.7 Å². The van der Waals surface area contributed by atoms with Crippen molar-refractivity contribution in [3.63, 3.8) is 0 Å². The number of hydrogen-bond donors (Lipinski definition) is 2. The van der Waals surface area contributed by atoms with E-state index in [0.29, 0.717) is 22.4 Å². The normalized spacial score (nSPS) is 10.2. The van der Waals surface area contributed by atoms with Crippen LogP contribution in [0.25, 0.3) is 0 Å². The van der Waals surface area contributed by atoms with Crippen LogP contribution in [-0.4, -0.2) is 17.0 Å². The van der Waals surface area contributed by atoms with Gasteiger partial charge in [0, 0.05) is 11.3 Å². The molecule has 0 unspecified atom stereocenters. The van der Waals surface area contributed by atoms with Crippen molar-refractivity contribution in [2.24, 2.45) is 0 Å². The van der Waals surface area contributed by atoms with Gasteiger partial charge in [0.25, 0.3) is 5.91 Å². The van der Waals surface area contributed by atoms with Crippen LogP contribution in [0.4, 0.5) is 10.1 Å². The standard InChI is InChI=1S/C16H14FNO3/c1-10-8-12(17)4-7-14(10)16(21)18-13-5-2-11(3-6-13)9-15(19)20/h2-8H,9H2,1H3,(H,18,21)(H,19,20). The zero-order valence-electron chi connectivity index (χ0n) is 11.4. The number of anilines is 1. The first-order valence-electron chi connectivity index (χ1n) is 6.34. The lowest BCUT2D eigenvalue weighted by Gasteiger charge is -2.08. The van der Waals surface area contributed by atoms with E-state index in [9.17, 15) is 14.0 Å². The summed E-state index contributed by atoms with van der Waals surface area (Å²) >= 11 is 0. The van der Waals surface area contributed by atoms with E-state index in [-0.39, 0.29) is 18.1 Å². The molecule has 0 aliphatic carbocycles. The summed E-state index contributed by atoms with van der Waals surface area (Å²) in [6.07, 6.45) is -0.0642. The third kappa shape index (κ3) is 3.89. The Kier molecular flexibility index (Phi) is 4.33. The van der Waals surface area contributed by atoms with Crippen molar-refractivity contribution in [2.45, 2.75) is 13.3 Å². The van der Waals surface area contributed by atoms with Gasteiger partial charge < -0.3 is 10.4 Å². The number of nitrogens with one attached hydrogen (secondary N) is 1. The fourth-order valence-electron chi connectivity index (χ4n) is 1.96. The maximum Gasteiger partial charge on any atom is 0.307 e. The highest BCUT2D eigenvalue weighted by Gasteiger charge is 2.10. The topological polar surface area (TPSA) is 66.4 Å². The van der Waals surface area contributed by atoms with Crippen LogP contribution in [0.2, 0.25) is 0 Å². The molecule has 21 heavy (non-hydrogen) atoms. The third-order valence-corrected chi connectivity index (χ3v) is 3.00. The first kappa shape index (κ1) is 14.7. The fourth-order valence-corrected chi connectivity index (χ4v) is 1.96. The van der Waals surface area contributed by atoms with Crippen molar-refractivity contribution in [3.05, 3.63) is 65.0 Å². The Morgan fingerprint density at radius 3 is 2.38 bits per heavy atom. The van der Waals surface area contributed by atoms with Crippen molar-refractivity contribution >= 4 is 17.6 Å². The number of benzene rings is 2. The summed E-state index contributed by atoms with van der Waals surface area (Å²) < 4.78 is 13.0. The van der Waals surface area contributed by atoms with Crippen LogP contribution in [0.5, 0.6) is 0 Å². The largest absolute Gasteiger partial charge is 0.481 e. The van der Waals surface area contributed by atoms with Gasteiger partial charge in [-0.05, 0) is 48.4 Å². The predicted molar refractivity (Wildman–Crippen MR) is 76.9 cm³/mol. The van der Waals surface area contributed by atoms with Crippen molar-refractivity contribution in [3.8, 4) is 0 Å². The van der Waals surface area contributed by atoms with E-state index in [1.54, 1.807) is 31.2 Å². The number of rotatable bonds is 4. The number of halogens is 1. The molecule has 0 aromatic heterocycles. The highest BCUT2D eigenvalue weighted by molar-refractivity contribution is 6.05. The Hall–Kier alpha value is -2.69. The second kappa shape index (κ2) is 6.17. The van der Waals surface area contributed by atoms with Gasteiger partial charge >= 0.3 is 5.97 Å². The summed E-state index contributed by atoms with van der Waals surface area (Å²) in [6, 6.07) is 10.5. The fraction of sp³-hybridized carbons (Fsp3) is 0.125. The Morgan fingerprint density at radius 2 is 1.81 bits per heavy atom. The molecule has 108 valence electrons. The van der Waals surface area contributed by atoms with Gasteiger partial charge in [-0.15, -0.1) is 0 Å². The van der Waals surface area contributed by atoms with Gasteiger partial charge in [-0.3, -0.25) is 9.59 Å². The lowest BCUT2D eigenvalue weighted by Crippen LogP contribution is -2.13. The zero-order chi connectivity index (χ0) is 15.4. The average molecular weight is 287 g/mol. The van der Waals surface area contributed by atoms with Crippen molar-refractivity contribution < 1.29 is 19.1 Å². The van der Waals surface area contributed by atoms with E-state index in [0.717, 1.165) is 0 Å². The number of carboxylic acid groups (broad SMARTS) is 1. The summed E-state index contributed by atoms with van der Waals surface area (Å²) in [5.74, 6) is -1.63. The molecule has 2 aromatic rings. The molecular weight excluding hydrogens is 273 g/mol. The van der Waals surface area contributed by atoms with Gasteiger partial charge in [-0.2, -0.15) is 0 Å². The number of carboxylic acids is 1. The minimum atomic E-state index is -0.909. The maximum absolute atomic E-state index is 13.0. The summed E-state index contributed by atoms with van der Waals surface area (Å²) in [5.41, 5.74) is 2.15. The van der Waals surface area contributed by atoms with Crippen LogP contribution in [0.1, 0.15) is 21.5 Å². The van der Waals surface area contributed by atoms with E-state index in [2.05, 4.69) is 5.32 Å². The van der Waals surface area contributed by atoms with Crippen molar-refractivity contribution in [2.75, 3.05) is 5.32 Å². The monoisotopic (exact) mass is 287 g/mol. The molecule has 5 heteroatoms. The minimum Gasteiger partial charge on any atom is -0.481 e. The van der Waals surface area contributed by atoms with E-state index in [1.807, 2.05) is 0 Å². The number of carbonyl (C=O) groups excluding carboxylic acids is 1. The molecule has 0 atom stereocenters. The highest BCUT2D eigenvalue weighted by atomic mass is 19.1. The molecule has 2 aromatic carbocycles. The van der Waals surface area contributed by atoms with Crippen molar-refractivity contribution in [1.29, 1.82) is 0 Å². The van der Waals surface area contributed by atoms with Crippen LogP contribution < -0.4 is 5.32 Å². The molecule has 4 nitrogen and oxygen atoms in total. The molecule has 0 saturated heterocycles. The first-order valence-corrected chi connectivity index (χ1v) is 6.34. The number of carbonyl (C=O) groups is 2. The van der Waals surface area contributed by atoms with E-state index < -0.39 is 5.97 Å². The number of aryl methyl sites for hydroxylation is 1. The lowest BCUT2D eigenvalue weighted by atomic mass is 10.1. The number of aliphatic carboxylic acids is 1. The second-order valence-electron chi connectivity index (χ2n) is 4.68. The predicted octanol–water partition coefficient (Wildman–Crippen LogP) is 3.01. The maximum atomic E-state index is 13.0. The summed E-state index contributed by atoms with van der Waals surface area (Å²) in [4.78, 5) is 22.7. The Balaban J connectivity index is 2.10. The van der Waals surface area contributed by atoms with Gasteiger partial charge in [0.1, 0.15) is 5.82 Å². The molecule has 0 aliphatic rings. The van der Waals surface area contributed by atoms with Gasteiger partial charge in [-0.25, -0.2) is 4.39 Å². The molecule has 1 amide bonds. The van der Waals surface area contributed by atoms with Crippen LogP contribution in [0.15, 0.2) is 42.5 Å². The van der Waals surface area contributed by atoms with Crippen LogP contribution >= 0.6 is 0 Å². The molecule has 0 saturated carbocycles. The van der Waals surface area contributed by atoms with Crippen molar-refractivity contribution in [1.82, 2.24) is 0 Å². The molecule has 0 spiro atoms. The Labute approximate surface area is 121 Å². The molecule has 2 rings (SSSR count). The lowest BCUT2D eigenvalue weighted by molar-refractivity contribution is -0.136. The Morgan fingerprint density at radius 1 is 1.14 bits per heavy atom. The zero-order valence-corrected chi connectivity index (χ0v) is 11.4. The Bertz CT molecular complexity index is 680. The number of amides is 1. The van der Waals surface area contributed by atoms with Crippen LogP contribution in [0.3, 0.4) is 0 Å². The van der Waals surface area contributed by atoms with Gasteiger partial charge in [0.15, 0.2) is 0 Å². The molecule has 0 aliphatic heterocycles. The molecule has 0 radical (unpaired) electrons. The van der Waals surface area contributed by atoms with Gasteiger partial charge in [0.2, 0.25) is 0 Å². The highest BCUT2D eigenvalue weighted by Crippen LogP contribution is 2.15. The molecule has 0 bridgehead atoms. The molecule has 2 N–H and O–H groups in total. The van der Waals surface area contributed by atoms with E-state index in [1.165, 1.54) is 18.2 Å². The quantitative estimate of drug-likeness (QED) is 0.908. The second-order valence-corrected chi connectivity index (χ2v) is 4.68. The molecule has 0 heterocycles. The van der Waals surface area contributed by atoms with E-state index in [4.69, 9.17) is 5.11 Å². The van der Waals surface area contributed by atoms with E-state index >= 15 is 0 Å². The van der Waals surface area contributed by atoms with Gasteiger partial charge in [0.05, 0.1) is 6.42 Å². The number of hydrogen-bond acceptors (Lipinski definition) is 2. The smallest absolute Gasteiger partial charge is 0.307 e. The summed E-state index contributed by atoms with van der Waals surface area (Å²) in [5, 5.41) is 11.4. The first-order chi connectivity index (χ1) is 9.95. The van der Waals surface area contributed by atoms with Crippen LogP contribution in [-0.2, 0) is 11.2 Å². The minimum absolute atomic E-state index is 0.0642. The SMILES string of the molecule is Cc1cc(F)ccc1C(=O)Nc1ccc(CC(=O)O)cc1. The summed E-state index contributed by atoms with van der Waals surface area (Å²) in [7, 11) is 0. The summed E-state index contributed by atoms with van der Waals surface area (Å²) in [6.45, 7) is 1.66. The average Bonchev–Trinajstić information content (AvgIpc) is 2.40. The van der Waals surface area contributed by atoms with Gasteiger partial charge in [-0.1, -0.05) is 12.1 Å². The molecule has 0 fully saturated rings. The third-order valence-electron chi connectivity index (χ3n) is 3.00.